The summed E-state index contributed by atoms with van der Waals surface area (Å²) < 4.78 is 0. The van der Waals surface area contributed by atoms with E-state index in [1.165, 1.54) is 19.3 Å². The number of nitrogens with one attached hydrogen (secondary N) is 1. The number of anilines is 3. The van der Waals surface area contributed by atoms with Crippen molar-refractivity contribution in [2.45, 2.75) is 6.92 Å². The van der Waals surface area contributed by atoms with Crippen LogP contribution < -0.4 is 11.1 Å². The Kier molecular flexibility index (Phi) is 3.00. The number of rotatable bonds is 3. The highest BCUT2D eigenvalue weighted by Gasteiger charge is 2.01. The van der Waals surface area contributed by atoms with Crippen LogP contribution in [0.5, 0.6) is 0 Å². The number of nitrogens with two attached hydrogens (primary N) is 1. The minimum absolute atomic E-state index is 0.0203. The molecule has 0 radical (unpaired) electrons. The molecule has 2 aromatic rings. The summed E-state index contributed by atoms with van der Waals surface area (Å²) >= 11 is 0. The second-order valence-corrected chi connectivity index (χ2v) is 3.60. The number of aromatic nitrogens is 2. The molecule has 2 rings (SSSR count). The van der Waals surface area contributed by atoms with E-state index in [2.05, 4.69) is 15.3 Å². The normalized spacial score (nSPS) is 9.94. The average molecular weight is 228 g/mol. The quantitative estimate of drug-likeness (QED) is 0.785. The number of nitrogens with zero attached hydrogens (tertiary/aromatic N) is 2. The van der Waals surface area contributed by atoms with E-state index in [1.54, 1.807) is 18.2 Å². The van der Waals surface area contributed by atoms with E-state index in [1.807, 2.05) is 6.07 Å². The van der Waals surface area contributed by atoms with Gasteiger partial charge in [0, 0.05) is 11.3 Å². The summed E-state index contributed by atoms with van der Waals surface area (Å²) in [5.41, 5.74) is 7.40. The predicted molar refractivity (Wildman–Crippen MR) is 66.2 cm³/mol. The van der Waals surface area contributed by atoms with E-state index in [0.29, 0.717) is 17.2 Å². The van der Waals surface area contributed by atoms with Crippen molar-refractivity contribution in [2.75, 3.05) is 11.1 Å². The first-order chi connectivity index (χ1) is 8.15. The topological polar surface area (TPSA) is 80.9 Å². The molecular weight excluding hydrogens is 216 g/mol. The van der Waals surface area contributed by atoms with E-state index in [4.69, 9.17) is 5.73 Å². The molecule has 0 fully saturated rings. The number of benzene rings is 1. The molecule has 17 heavy (non-hydrogen) atoms. The lowest BCUT2D eigenvalue weighted by Gasteiger charge is -2.05. The van der Waals surface area contributed by atoms with Gasteiger partial charge >= 0.3 is 0 Å². The van der Waals surface area contributed by atoms with Crippen molar-refractivity contribution in [2.24, 2.45) is 0 Å². The molecule has 0 saturated heterocycles. The SMILES string of the molecule is CC(=O)c1cccc(Nc2ncc(N)cn2)c1. The fraction of sp³-hybridized carbons (Fsp3) is 0.0833. The lowest BCUT2D eigenvalue weighted by molar-refractivity contribution is 0.101. The Morgan fingerprint density at radius 1 is 1.29 bits per heavy atom. The first-order valence-electron chi connectivity index (χ1n) is 5.11. The Hall–Kier alpha value is -2.43. The molecule has 5 nitrogen and oxygen atoms in total. The molecule has 0 aliphatic heterocycles. The summed E-state index contributed by atoms with van der Waals surface area (Å²) in [5.74, 6) is 0.465. The van der Waals surface area contributed by atoms with Gasteiger partial charge in [-0.2, -0.15) is 0 Å². The number of carbonyl (C=O) groups is 1. The molecule has 0 spiro atoms. The van der Waals surface area contributed by atoms with Crippen molar-refractivity contribution in [3.63, 3.8) is 0 Å². The van der Waals surface area contributed by atoms with Gasteiger partial charge in [0.15, 0.2) is 5.78 Å². The summed E-state index contributed by atoms with van der Waals surface area (Å²) in [6, 6.07) is 7.15. The lowest BCUT2D eigenvalue weighted by atomic mass is 10.1. The van der Waals surface area contributed by atoms with E-state index >= 15 is 0 Å². The van der Waals surface area contributed by atoms with Crippen LogP contribution >= 0.6 is 0 Å². The van der Waals surface area contributed by atoms with Crippen molar-refractivity contribution >= 4 is 23.1 Å². The molecule has 5 heteroatoms. The second kappa shape index (κ2) is 4.61. The highest BCUT2D eigenvalue weighted by atomic mass is 16.1. The first kappa shape index (κ1) is 11.1. The average Bonchev–Trinajstić information content (AvgIpc) is 2.32. The number of carbonyl (C=O) groups excluding carboxylic acids is 1. The van der Waals surface area contributed by atoms with Gasteiger partial charge in [-0.1, -0.05) is 12.1 Å². The molecule has 0 aliphatic carbocycles. The van der Waals surface area contributed by atoms with E-state index in [-0.39, 0.29) is 5.78 Å². The van der Waals surface area contributed by atoms with Gasteiger partial charge in [0.1, 0.15) is 0 Å². The summed E-state index contributed by atoms with van der Waals surface area (Å²) in [7, 11) is 0. The van der Waals surface area contributed by atoms with E-state index < -0.39 is 0 Å². The fourth-order valence-corrected chi connectivity index (χ4v) is 1.35. The number of nitrogen functional groups attached to an aromatic ring is 1. The first-order valence-corrected chi connectivity index (χ1v) is 5.11. The van der Waals surface area contributed by atoms with Gasteiger partial charge in [-0.15, -0.1) is 0 Å². The second-order valence-electron chi connectivity index (χ2n) is 3.60. The largest absolute Gasteiger partial charge is 0.396 e. The van der Waals surface area contributed by atoms with Crippen LogP contribution in [0.2, 0.25) is 0 Å². The highest BCUT2D eigenvalue weighted by Crippen LogP contribution is 2.15. The molecule has 0 amide bonds. The number of hydrogen-bond donors (Lipinski definition) is 2. The maximum atomic E-state index is 11.2. The Bertz CT molecular complexity index is 536. The van der Waals surface area contributed by atoms with Crippen LogP contribution in [0, 0.1) is 0 Å². The van der Waals surface area contributed by atoms with Crippen molar-refractivity contribution in [3.8, 4) is 0 Å². The molecule has 0 bridgehead atoms. The van der Waals surface area contributed by atoms with E-state index in [0.717, 1.165) is 5.69 Å². The summed E-state index contributed by atoms with van der Waals surface area (Å²) in [6.45, 7) is 1.53. The van der Waals surface area contributed by atoms with Crippen molar-refractivity contribution < 1.29 is 4.79 Å². The van der Waals surface area contributed by atoms with Gasteiger partial charge in [0.05, 0.1) is 18.1 Å². The Morgan fingerprint density at radius 2 is 2.00 bits per heavy atom. The maximum absolute atomic E-state index is 11.2. The fourth-order valence-electron chi connectivity index (χ4n) is 1.35. The lowest BCUT2D eigenvalue weighted by Crippen LogP contribution is -1.99. The van der Waals surface area contributed by atoms with Gasteiger partial charge in [-0.25, -0.2) is 9.97 Å². The molecule has 3 N–H and O–H groups in total. The third-order valence-electron chi connectivity index (χ3n) is 2.20. The molecule has 1 heterocycles. The van der Waals surface area contributed by atoms with Crippen molar-refractivity contribution in [3.05, 3.63) is 42.2 Å². The van der Waals surface area contributed by atoms with Crippen LogP contribution in [-0.4, -0.2) is 15.8 Å². The zero-order valence-corrected chi connectivity index (χ0v) is 9.34. The molecule has 0 saturated carbocycles. The molecule has 86 valence electrons. The summed E-state index contributed by atoms with van der Waals surface area (Å²) in [4.78, 5) is 19.3. The number of hydrogen-bond acceptors (Lipinski definition) is 5. The van der Waals surface area contributed by atoms with Gasteiger partial charge in [-0.05, 0) is 19.1 Å². The molecule has 1 aromatic carbocycles. The van der Waals surface area contributed by atoms with Gasteiger partial charge in [0.2, 0.25) is 5.95 Å². The van der Waals surface area contributed by atoms with Crippen molar-refractivity contribution in [1.82, 2.24) is 9.97 Å². The summed E-state index contributed by atoms with van der Waals surface area (Å²) in [6.07, 6.45) is 3.04. The van der Waals surface area contributed by atoms with Crippen LogP contribution in [0.1, 0.15) is 17.3 Å². The van der Waals surface area contributed by atoms with Crippen molar-refractivity contribution in [1.29, 1.82) is 0 Å². The van der Waals surface area contributed by atoms with Crippen LogP contribution in [-0.2, 0) is 0 Å². The zero-order chi connectivity index (χ0) is 12.3. The molecular formula is C12H12N4O. The predicted octanol–water partition coefficient (Wildman–Crippen LogP) is 2.00. The zero-order valence-electron chi connectivity index (χ0n) is 9.34. The third-order valence-corrected chi connectivity index (χ3v) is 2.20. The third kappa shape index (κ3) is 2.78. The minimum Gasteiger partial charge on any atom is -0.396 e. The number of Topliss-reactive ketones (excluding diaryl/α,β-unsaturated/α-hetero) is 1. The van der Waals surface area contributed by atoms with Crippen LogP contribution in [0.4, 0.5) is 17.3 Å². The standard InChI is InChI=1S/C12H12N4O/c1-8(17)9-3-2-4-11(5-9)16-12-14-6-10(13)7-15-12/h2-7H,13H2,1H3,(H,14,15,16). The molecule has 0 aliphatic rings. The Morgan fingerprint density at radius 3 is 2.65 bits per heavy atom. The van der Waals surface area contributed by atoms with Gasteiger partial charge in [0.25, 0.3) is 0 Å². The summed E-state index contributed by atoms with van der Waals surface area (Å²) in [5, 5.41) is 3.00. The Balaban J connectivity index is 2.21. The highest BCUT2D eigenvalue weighted by molar-refractivity contribution is 5.95. The molecule has 0 atom stereocenters. The van der Waals surface area contributed by atoms with Crippen LogP contribution in [0.25, 0.3) is 0 Å². The minimum atomic E-state index is 0.0203. The Labute approximate surface area is 98.7 Å². The molecule has 0 unspecified atom stereocenters. The van der Waals surface area contributed by atoms with Crippen LogP contribution in [0.15, 0.2) is 36.7 Å². The van der Waals surface area contributed by atoms with Gasteiger partial charge < -0.3 is 11.1 Å². The maximum Gasteiger partial charge on any atom is 0.227 e. The smallest absolute Gasteiger partial charge is 0.227 e. The monoisotopic (exact) mass is 228 g/mol. The van der Waals surface area contributed by atoms with Crippen LogP contribution in [0.3, 0.4) is 0 Å². The van der Waals surface area contributed by atoms with Gasteiger partial charge in [-0.3, -0.25) is 4.79 Å². The molecule has 1 aromatic heterocycles. The number of ketones is 1. The van der Waals surface area contributed by atoms with E-state index in [9.17, 15) is 4.79 Å².